The largest absolute Gasteiger partial charge is 0.479 e. The molecule has 0 N–H and O–H groups in total. The molecule has 0 unspecified atom stereocenters. The molecule has 0 saturated heterocycles. The van der Waals surface area contributed by atoms with Crippen molar-refractivity contribution in [1.82, 2.24) is 10.1 Å². The molecule has 6 nitrogen and oxygen atoms in total. The van der Waals surface area contributed by atoms with E-state index in [-0.39, 0.29) is 18.2 Å². The highest BCUT2D eigenvalue weighted by molar-refractivity contribution is 5.71. The lowest BCUT2D eigenvalue weighted by Crippen LogP contribution is -2.15. The molecule has 7 heteroatoms. The highest BCUT2D eigenvalue weighted by atomic mass is 19.1. The van der Waals surface area contributed by atoms with E-state index in [0.29, 0.717) is 5.82 Å². The zero-order chi connectivity index (χ0) is 18.4. The van der Waals surface area contributed by atoms with Gasteiger partial charge in [0.15, 0.2) is 24.8 Å². The molecular formula is C19H17FN2O4. The second-order valence-corrected chi connectivity index (χ2v) is 5.44. The third-order valence-electron chi connectivity index (χ3n) is 3.63. The van der Waals surface area contributed by atoms with E-state index >= 15 is 0 Å². The Labute approximate surface area is 149 Å². The minimum absolute atomic E-state index is 0.0138. The Bertz CT molecular complexity index is 877. The second-order valence-electron chi connectivity index (χ2n) is 5.44. The molecule has 1 heterocycles. The molecule has 26 heavy (non-hydrogen) atoms. The number of carbonyl (C=O) groups is 1. The van der Waals surface area contributed by atoms with E-state index in [2.05, 4.69) is 17.1 Å². The molecule has 3 rings (SSSR count). The molecule has 134 valence electrons. The fourth-order valence-electron chi connectivity index (χ4n) is 2.20. The summed E-state index contributed by atoms with van der Waals surface area (Å²) in [6.45, 7) is 1.48. The van der Waals surface area contributed by atoms with Gasteiger partial charge in [-0.05, 0) is 24.1 Å². The van der Waals surface area contributed by atoms with Crippen molar-refractivity contribution in [2.45, 2.75) is 20.0 Å². The van der Waals surface area contributed by atoms with E-state index in [0.717, 1.165) is 12.0 Å². The number of carbonyl (C=O) groups excluding carboxylic acids is 1. The van der Waals surface area contributed by atoms with Crippen LogP contribution in [-0.2, 0) is 22.6 Å². The number of hydrogen-bond acceptors (Lipinski definition) is 6. The van der Waals surface area contributed by atoms with Crippen LogP contribution in [0.4, 0.5) is 4.39 Å². The first-order valence-corrected chi connectivity index (χ1v) is 8.10. The van der Waals surface area contributed by atoms with Crippen LogP contribution in [0.15, 0.2) is 53.1 Å². The Morgan fingerprint density at radius 2 is 1.92 bits per heavy atom. The SMILES string of the molecule is CCc1ccc(-c2noc(COC(=O)COc3ccccc3F)n2)cc1. The smallest absolute Gasteiger partial charge is 0.344 e. The van der Waals surface area contributed by atoms with Gasteiger partial charge in [0, 0.05) is 5.56 Å². The Morgan fingerprint density at radius 3 is 2.65 bits per heavy atom. The van der Waals surface area contributed by atoms with Crippen molar-refractivity contribution >= 4 is 5.97 Å². The van der Waals surface area contributed by atoms with Gasteiger partial charge in [-0.3, -0.25) is 0 Å². The van der Waals surface area contributed by atoms with Crippen LogP contribution in [0.3, 0.4) is 0 Å². The van der Waals surface area contributed by atoms with Crippen LogP contribution in [0.2, 0.25) is 0 Å². The summed E-state index contributed by atoms with van der Waals surface area (Å²) >= 11 is 0. The predicted molar refractivity (Wildman–Crippen MR) is 90.8 cm³/mol. The zero-order valence-corrected chi connectivity index (χ0v) is 14.1. The predicted octanol–water partition coefficient (Wildman–Crippen LogP) is 3.56. The minimum Gasteiger partial charge on any atom is -0.479 e. The van der Waals surface area contributed by atoms with Gasteiger partial charge in [0.05, 0.1) is 0 Å². The van der Waals surface area contributed by atoms with Gasteiger partial charge in [0.1, 0.15) is 0 Å². The first-order valence-electron chi connectivity index (χ1n) is 8.10. The van der Waals surface area contributed by atoms with Crippen molar-refractivity contribution in [2.24, 2.45) is 0 Å². The summed E-state index contributed by atoms with van der Waals surface area (Å²) in [5.74, 6) is -0.642. The number of hydrogen-bond donors (Lipinski definition) is 0. The molecule has 0 aliphatic rings. The molecule has 0 spiro atoms. The molecule has 0 atom stereocenters. The van der Waals surface area contributed by atoms with Crippen LogP contribution in [0.25, 0.3) is 11.4 Å². The summed E-state index contributed by atoms with van der Waals surface area (Å²) in [6, 6.07) is 13.6. The Morgan fingerprint density at radius 1 is 1.15 bits per heavy atom. The average Bonchev–Trinajstić information content (AvgIpc) is 3.15. The summed E-state index contributed by atoms with van der Waals surface area (Å²) in [7, 11) is 0. The molecule has 3 aromatic rings. The van der Waals surface area contributed by atoms with E-state index in [1.54, 1.807) is 6.07 Å². The summed E-state index contributed by atoms with van der Waals surface area (Å²) in [6.07, 6.45) is 0.947. The number of aryl methyl sites for hydroxylation is 1. The van der Waals surface area contributed by atoms with Gasteiger partial charge in [-0.2, -0.15) is 4.98 Å². The van der Waals surface area contributed by atoms with Gasteiger partial charge in [-0.1, -0.05) is 48.5 Å². The monoisotopic (exact) mass is 356 g/mol. The first kappa shape index (κ1) is 17.6. The number of nitrogens with zero attached hydrogens (tertiary/aromatic N) is 2. The van der Waals surface area contributed by atoms with Crippen LogP contribution in [0, 0.1) is 5.82 Å². The number of esters is 1. The lowest BCUT2D eigenvalue weighted by molar-refractivity contribution is -0.148. The third-order valence-corrected chi connectivity index (χ3v) is 3.63. The molecule has 0 saturated carbocycles. The third kappa shape index (κ3) is 4.44. The molecule has 0 bridgehead atoms. The summed E-state index contributed by atoms with van der Waals surface area (Å²) in [5.41, 5.74) is 2.02. The number of aromatic nitrogens is 2. The van der Waals surface area contributed by atoms with Crippen molar-refractivity contribution in [3.8, 4) is 17.1 Å². The highest BCUT2D eigenvalue weighted by Crippen LogP contribution is 2.17. The van der Waals surface area contributed by atoms with Gasteiger partial charge in [-0.25, -0.2) is 9.18 Å². The molecule has 0 amide bonds. The average molecular weight is 356 g/mol. The fraction of sp³-hybridized carbons (Fsp3) is 0.211. The standard InChI is InChI=1S/C19H17FN2O4/c1-2-13-7-9-14(10-8-13)19-21-17(26-22-19)11-25-18(23)12-24-16-6-4-3-5-15(16)20/h3-10H,2,11-12H2,1H3. The number of rotatable bonds is 7. The van der Waals surface area contributed by atoms with Gasteiger partial charge < -0.3 is 14.0 Å². The number of para-hydroxylation sites is 1. The number of ether oxygens (including phenoxy) is 2. The molecular weight excluding hydrogens is 339 g/mol. The van der Waals surface area contributed by atoms with E-state index in [1.165, 1.54) is 23.8 Å². The number of benzene rings is 2. The lowest BCUT2D eigenvalue weighted by Gasteiger charge is -2.06. The van der Waals surface area contributed by atoms with E-state index in [9.17, 15) is 9.18 Å². The first-order chi connectivity index (χ1) is 12.7. The van der Waals surface area contributed by atoms with E-state index < -0.39 is 18.4 Å². The second kappa shape index (κ2) is 8.24. The summed E-state index contributed by atoms with van der Waals surface area (Å²) in [4.78, 5) is 15.9. The van der Waals surface area contributed by atoms with Gasteiger partial charge >= 0.3 is 5.97 Å². The van der Waals surface area contributed by atoms with Crippen LogP contribution in [0.1, 0.15) is 18.4 Å². The van der Waals surface area contributed by atoms with E-state index in [1.807, 2.05) is 24.3 Å². The minimum atomic E-state index is -0.666. The van der Waals surface area contributed by atoms with Gasteiger partial charge in [0.25, 0.3) is 5.89 Å². The fourth-order valence-corrected chi connectivity index (χ4v) is 2.20. The van der Waals surface area contributed by atoms with Crippen molar-refractivity contribution in [3.63, 3.8) is 0 Å². The maximum absolute atomic E-state index is 13.4. The number of halogens is 1. The van der Waals surface area contributed by atoms with Crippen molar-refractivity contribution in [2.75, 3.05) is 6.61 Å². The topological polar surface area (TPSA) is 74.5 Å². The van der Waals surface area contributed by atoms with Crippen molar-refractivity contribution in [3.05, 3.63) is 65.8 Å². The maximum atomic E-state index is 13.4. The van der Waals surface area contributed by atoms with Gasteiger partial charge in [-0.15, -0.1) is 0 Å². The van der Waals surface area contributed by atoms with E-state index in [4.69, 9.17) is 14.0 Å². The Balaban J connectivity index is 1.51. The molecule has 0 fully saturated rings. The summed E-state index contributed by atoms with van der Waals surface area (Å²) < 4.78 is 28.5. The van der Waals surface area contributed by atoms with Crippen molar-refractivity contribution < 1.29 is 23.2 Å². The van der Waals surface area contributed by atoms with Crippen molar-refractivity contribution in [1.29, 1.82) is 0 Å². The molecule has 0 aliphatic carbocycles. The van der Waals surface area contributed by atoms with Crippen LogP contribution in [-0.4, -0.2) is 22.7 Å². The quantitative estimate of drug-likeness (QED) is 0.603. The lowest BCUT2D eigenvalue weighted by atomic mass is 10.1. The summed E-state index contributed by atoms with van der Waals surface area (Å²) in [5, 5.41) is 3.87. The molecule has 1 aromatic heterocycles. The molecule has 2 aromatic carbocycles. The highest BCUT2D eigenvalue weighted by Gasteiger charge is 2.12. The Kier molecular flexibility index (Phi) is 5.58. The normalized spacial score (nSPS) is 10.5. The van der Waals surface area contributed by atoms with Crippen LogP contribution < -0.4 is 4.74 Å². The van der Waals surface area contributed by atoms with Crippen LogP contribution in [0.5, 0.6) is 5.75 Å². The van der Waals surface area contributed by atoms with Gasteiger partial charge in [0.2, 0.25) is 5.82 Å². The Hall–Kier alpha value is -3.22. The van der Waals surface area contributed by atoms with Crippen LogP contribution >= 0.6 is 0 Å². The molecule has 0 radical (unpaired) electrons. The molecule has 0 aliphatic heterocycles. The zero-order valence-electron chi connectivity index (χ0n) is 14.1. The maximum Gasteiger partial charge on any atom is 0.344 e.